The number of anilines is 1. The summed E-state index contributed by atoms with van der Waals surface area (Å²) >= 11 is 0. The Morgan fingerprint density at radius 3 is 2.52 bits per heavy atom. The summed E-state index contributed by atoms with van der Waals surface area (Å²) in [6.45, 7) is 0.429. The predicted molar refractivity (Wildman–Crippen MR) is 75.9 cm³/mol. The minimum Gasteiger partial charge on any atom is -0.315 e. The van der Waals surface area contributed by atoms with Gasteiger partial charge < -0.3 is 4.90 Å². The van der Waals surface area contributed by atoms with Crippen molar-refractivity contribution in [1.82, 2.24) is 14.8 Å². The highest BCUT2D eigenvalue weighted by Crippen LogP contribution is 2.16. The van der Waals surface area contributed by atoms with Crippen molar-refractivity contribution in [1.29, 1.82) is 0 Å². The second-order valence-electron chi connectivity index (χ2n) is 4.40. The number of hydrogen-bond acceptors (Lipinski definition) is 5. The Kier molecular flexibility index (Phi) is 4.34. The van der Waals surface area contributed by atoms with E-state index in [0.29, 0.717) is 12.2 Å². The molecule has 2 rings (SSSR count). The van der Waals surface area contributed by atoms with E-state index in [9.17, 15) is 13.2 Å². The van der Waals surface area contributed by atoms with Gasteiger partial charge in [0.15, 0.2) is 0 Å². The molecule has 1 aromatic carbocycles. The minimum atomic E-state index is -3.73. The molecular weight excluding hydrogens is 294 g/mol. The molecule has 0 atom stereocenters. The fraction of sp³-hybridized carbons (Fsp3) is 0.250. The molecule has 0 saturated carbocycles. The summed E-state index contributed by atoms with van der Waals surface area (Å²) in [5, 5.41) is 8.93. The minimum absolute atomic E-state index is 0.00899. The van der Waals surface area contributed by atoms with Gasteiger partial charge in [-0.05, 0) is 24.3 Å². The van der Waals surface area contributed by atoms with Crippen LogP contribution >= 0.6 is 0 Å². The van der Waals surface area contributed by atoms with E-state index < -0.39 is 10.0 Å². The van der Waals surface area contributed by atoms with Gasteiger partial charge in [0, 0.05) is 19.2 Å². The first kappa shape index (κ1) is 15.1. The lowest BCUT2D eigenvalue weighted by molar-refractivity contribution is -0.118. The number of carbonyl (C=O) groups excluding carboxylic acids is 1. The Balaban J connectivity index is 2.02. The molecule has 9 heteroatoms. The number of hydrogen-bond donors (Lipinski definition) is 1. The van der Waals surface area contributed by atoms with Crippen LogP contribution < -0.4 is 10.0 Å². The maximum atomic E-state index is 12.0. The number of nitrogens with zero attached hydrogens (tertiary/aromatic N) is 4. The summed E-state index contributed by atoms with van der Waals surface area (Å²) in [5.41, 5.74) is 0.589. The molecule has 0 aliphatic carbocycles. The van der Waals surface area contributed by atoms with Crippen LogP contribution in [0.4, 0.5) is 5.69 Å². The standard InChI is InChI=1S/C12H15N5O3S/c1-16(12(18)6-7-17-9-14-8-15-17)10-2-4-11(5-3-10)21(13,19)20/h2-5,8-9H,6-7H2,1H3,(H2,13,19,20). The van der Waals surface area contributed by atoms with Gasteiger partial charge in [-0.2, -0.15) is 5.10 Å². The van der Waals surface area contributed by atoms with Crippen molar-refractivity contribution in [2.45, 2.75) is 17.9 Å². The number of rotatable bonds is 5. The lowest BCUT2D eigenvalue weighted by atomic mass is 10.2. The van der Waals surface area contributed by atoms with E-state index in [-0.39, 0.29) is 17.2 Å². The average Bonchev–Trinajstić information content (AvgIpc) is 2.96. The fourth-order valence-corrected chi connectivity index (χ4v) is 2.24. The van der Waals surface area contributed by atoms with Crippen molar-refractivity contribution in [2.24, 2.45) is 5.14 Å². The second kappa shape index (κ2) is 6.02. The summed E-state index contributed by atoms with van der Waals surface area (Å²) in [7, 11) is -2.11. The van der Waals surface area contributed by atoms with Gasteiger partial charge in [-0.15, -0.1) is 0 Å². The number of nitrogens with two attached hydrogens (primary N) is 1. The van der Waals surface area contributed by atoms with Crippen LogP contribution in [-0.4, -0.2) is 36.1 Å². The third-order valence-corrected chi connectivity index (χ3v) is 3.88. The molecule has 1 heterocycles. The molecule has 8 nitrogen and oxygen atoms in total. The molecule has 1 amide bonds. The molecule has 0 saturated heterocycles. The molecule has 0 aliphatic rings. The van der Waals surface area contributed by atoms with Gasteiger partial charge in [-0.3, -0.25) is 9.48 Å². The van der Waals surface area contributed by atoms with E-state index in [2.05, 4.69) is 10.1 Å². The van der Waals surface area contributed by atoms with Crippen LogP contribution in [0.5, 0.6) is 0 Å². The summed E-state index contributed by atoms with van der Waals surface area (Å²) < 4.78 is 23.9. The molecule has 0 unspecified atom stereocenters. The van der Waals surface area contributed by atoms with Crippen LogP contribution in [0.25, 0.3) is 0 Å². The van der Waals surface area contributed by atoms with Crippen molar-refractivity contribution < 1.29 is 13.2 Å². The van der Waals surface area contributed by atoms with E-state index in [4.69, 9.17) is 5.14 Å². The third-order valence-electron chi connectivity index (χ3n) is 2.95. The maximum Gasteiger partial charge on any atom is 0.238 e. The van der Waals surface area contributed by atoms with Crippen LogP contribution in [0.15, 0.2) is 41.8 Å². The van der Waals surface area contributed by atoms with Gasteiger partial charge in [0.05, 0.1) is 11.4 Å². The first-order valence-corrected chi connectivity index (χ1v) is 7.64. The normalized spacial score (nSPS) is 11.3. The van der Waals surface area contributed by atoms with Gasteiger partial charge in [0.2, 0.25) is 15.9 Å². The van der Waals surface area contributed by atoms with Crippen molar-refractivity contribution in [3.63, 3.8) is 0 Å². The smallest absolute Gasteiger partial charge is 0.238 e. The largest absolute Gasteiger partial charge is 0.315 e. The molecular formula is C12H15N5O3S. The predicted octanol–water partition coefficient (Wildman–Crippen LogP) is -0.0214. The Morgan fingerprint density at radius 2 is 2.00 bits per heavy atom. The van der Waals surface area contributed by atoms with Crippen molar-refractivity contribution in [3.8, 4) is 0 Å². The Labute approximate surface area is 122 Å². The maximum absolute atomic E-state index is 12.0. The molecule has 0 spiro atoms. The van der Waals surface area contributed by atoms with E-state index in [1.165, 1.54) is 41.8 Å². The average molecular weight is 309 g/mol. The van der Waals surface area contributed by atoms with Crippen LogP contribution in [0.1, 0.15) is 6.42 Å². The lowest BCUT2D eigenvalue weighted by Gasteiger charge is -2.17. The van der Waals surface area contributed by atoms with Gasteiger partial charge in [-0.1, -0.05) is 0 Å². The van der Waals surface area contributed by atoms with Gasteiger partial charge in [0.1, 0.15) is 12.7 Å². The second-order valence-corrected chi connectivity index (χ2v) is 5.96. The summed E-state index contributed by atoms with van der Waals surface area (Å²) in [6.07, 6.45) is 3.20. The summed E-state index contributed by atoms with van der Waals surface area (Å²) in [5.74, 6) is -0.117. The highest BCUT2D eigenvalue weighted by Gasteiger charge is 2.13. The molecule has 2 aromatic rings. The number of carbonyl (C=O) groups is 1. The topological polar surface area (TPSA) is 111 Å². The first-order chi connectivity index (χ1) is 9.88. The van der Waals surface area contributed by atoms with E-state index in [1.807, 2.05) is 0 Å². The number of sulfonamides is 1. The molecule has 0 fully saturated rings. The van der Waals surface area contributed by atoms with Gasteiger partial charge in [0.25, 0.3) is 0 Å². The summed E-state index contributed by atoms with van der Waals surface area (Å²) in [4.78, 5) is 17.3. The number of amides is 1. The van der Waals surface area contributed by atoms with Gasteiger partial charge >= 0.3 is 0 Å². The lowest BCUT2D eigenvalue weighted by Crippen LogP contribution is -2.27. The molecule has 2 N–H and O–H groups in total. The quantitative estimate of drug-likeness (QED) is 0.834. The Morgan fingerprint density at radius 1 is 1.33 bits per heavy atom. The number of aromatic nitrogens is 3. The molecule has 0 radical (unpaired) electrons. The Hall–Kier alpha value is -2.26. The van der Waals surface area contributed by atoms with Crippen LogP contribution in [0.2, 0.25) is 0 Å². The number of aryl methyl sites for hydroxylation is 1. The molecule has 0 aliphatic heterocycles. The summed E-state index contributed by atoms with van der Waals surface area (Å²) in [6, 6.07) is 5.80. The van der Waals surface area contributed by atoms with E-state index in [0.717, 1.165) is 0 Å². The molecule has 112 valence electrons. The first-order valence-electron chi connectivity index (χ1n) is 6.10. The molecule has 1 aromatic heterocycles. The van der Waals surface area contributed by atoms with Crippen LogP contribution in [0.3, 0.4) is 0 Å². The highest BCUT2D eigenvalue weighted by atomic mass is 32.2. The molecule has 0 bridgehead atoms. The zero-order valence-corrected chi connectivity index (χ0v) is 12.2. The van der Waals surface area contributed by atoms with Gasteiger partial charge in [-0.25, -0.2) is 18.5 Å². The Bertz CT molecular complexity index is 710. The van der Waals surface area contributed by atoms with Crippen molar-refractivity contribution >= 4 is 21.6 Å². The zero-order chi connectivity index (χ0) is 15.5. The van der Waals surface area contributed by atoms with Crippen LogP contribution in [0, 0.1) is 0 Å². The molecule has 21 heavy (non-hydrogen) atoms. The highest BCUT2D eigenvalue weighted by molar-refractivity contribution is 7.89. The van der Waals surface area contributed by atoms with Crippen LogP contribution in [-0.2, 0) is 21.4 Å². The SMILES string of the molecule is CN(C(=O)CCn1cncn1)c1ccc(S(N)(=O)=O)cc1. The van der Waals surface area contributed by atoms with Crippen molar-refractivity contribution in [2.75, 3.05) is 11.9 Å². The number of primary sulfonamides is 1. The number of benzene rings is 1. The fourth-order valence-electron chi connectivity index (χ4n) is 1.73. The van der Waals surface area contributed by atoms with E-state index >= 15 is 0 Å². The third kappa shape index (κ3) is 3.86. The van der Waals surface area contributed by atoms with E-state index in [1.54, 1.807) is 11.7 Å². The van der Waals surface area contributed by atoms with Crippen molar-refractivity contribution in [3.05, 3.63) is 36.9 Å². The monoisotopic (exact) mass is 309 g/mol. The zero-order valence-electron chi connectivity index (χ0n) is 11.4.